The van der Waals surface area contributed by atoms with Crippen molar-refractivity contribution in [2.75, 3.05) is 36.4 Å². The molecule has 0 aromatic carbocycles. The van der Waals surface area contributed by atoms with Crippen molar-refractivity contribution in [2.24, 2.45) is 0 Å². The zero-order chi connectivity index (χ0) is 13.7. The van der Waals surface area contributed by atoms with E-state index in [1.807, 2.05) is 13.1 Å². The van der Waals surface area contributed by atoms with Crippen molar-refractivity contribution >= 4 is 17.7 Å². The summed E-state index contributed by atoms with van der Waals surface area (Å²) in [6, 6.07) is 0. The van der Waals surface area contributed by atoms with Gasteiger partial charge in [0.15, 0.2) is 0 Å². The average Bonchev–Trinajstić information content (AvgIpc) is 2.63. The second-order valence-electron chi connectivity index (χ2n) is 4.71. The largest absolute Gasteiger partial charge is 0.354 e. The lowest BCUT2D eigenvalue weighted by atomic mass is 10.3. The second-order valence-corrected chi connectivity index (χ2v) is 4.71. The van der Waals surface area contributed by atoms with Crippen molar-refractivity contribution in [1.82, 2.24) is 15.3 Å². The molecule has 104 valence electrons. The van der Waals surface area contributed by atoms with E-state index in [1.165, 1.54) is 0 Å². The first-order chi connectivity index (χ1) is 9.20. The van der Waals surface area contributed by atoms with Crippen LogP contribution < -0.4 is 15.5 Å². The van der Waals surface area contributed by atoms with Crippen LogP contribution in [0.15, 0.2) is 6.20 Å². The Morgan fingerprint density at radius 3 is 3.11 bits per heavy atom. The molecular weight excluding hydrogens is 242 g/mol. The SMILES string of the molecule is CCCNc1ncc(C)c(N2CCNC(=O)CC2)n1. The average molecular weight is 263 g/mol. The third kappa shape index (κ3) is 3.56. The summed E-state index contributed by atoms with van der Waals surface area (Å²) in [5.41, 5.74) is 1.04. The highest BCUT2D eigenvalue weighted by molar-refractivity contribution is 5.77. The zero-order valence-electron chi connectivity index (χ0n) is 11.6. The van der Waals surface area contributed by atoms with Crippen molar-refractivity contribution in [1.29, 1.82) is 0 Å². The highest BCUT2D eigenvalue weighted by Gasteiger charge is 2.17. The smallest absolute Gasteiger partial charge is 0.224 e. The topological polar surface area (TPSA) is 70.2 Å². The highest BCUT2D eigenvalue weighted by Crippen LogP contribution is 2.18. The van der Waals surface area contributed by atoms with E-state index in [2.05, 4.69) is 32.4 Å². The molecule has 0 spiro atoms. The molecule has 1 aromatic rings. The Bertz CT molecular complexity index is 449. The minimum atomic E-state index is 0.110. The Kier molecular flexibility index (Phi) is 4.54. The number of rotatable bonds is 4. The van der Waals surface area contributed by atoms with E-state index in [0.717, 1.165) is 30.9 Å². The Morgan fingerprint density at radius 1 is 1.47 bits per heavy atom. The third-order valence-corrected chi connectivity index (χ3v) is 3.09. The van der Waals surface area contributed by atoms with E-state index in [-0.39, 0.29) is 5.91 Å². The van der Waals surface area contributed by atoms with Gasteiger partial charge >= 0.3 is 0 Å². The van der Waals surface area contributed by atoms with Crippen LogP contribution in [0.25, 0.3) is 0 Å². The molecule has 1 fully saturated rings. The molecule has 1 aliphatic heterocycles. The first kappa shape index (κ1) is 13.6. The van der Waals surface area contributed by atoms with Crippen LogP contribution >= 0.6 is 0 Å². The Hall–Kier alpha value is -1.85. The van der Waals surface area contributed by atoms with Crippen molar-refractivity contribution in [3.63, 3.8) is 0 Å². The van der Waals surface area contributed by atoms with Crippen molar-refractivity contribution in [3.8, 4) is 0 Å². The molecule has 1 aromatic heterocycles. The molecule has 0 bridgehead atoms. The number of carbonyl (C=O) groups is 1. The monoisotopic (exact) mass is 263 g/mol. The lowest BCUT2D eigenvalue weighted by Crippen LogP contribution is -2.29. The molecule has 0 saturated carbocycles. The van der Waals surface area contributed by atoms with Gasteiger partial charge in [-0.1, -0.05) is 6.92 Å². The summed E-state index contributed by atoms with van der Waals surface area (Å²) in [5, 5.41) is 6.07. The standard InChI is InChI=1S/C13H21N5O/c1-3-5-15-13-16-9-10(2)12(17-13)18-7-4-11(19)14-6-8-18/h9H,3-8H2,1-2H3,(H,14,19)(H,15,16,17). The van der Waals surface area contributed by atoms with Gasteiger partial charge in [0.1, 0.15) is 5.82 Å². The Labute approximate surface area is 113 Å². The van der Waals surface area contributed by atoms with E-state index < -0.39 is 0 Å². The molecule has 0 aliphatic carbocycles. The fourth-order valence-electron chi connectivity index (χ4n) is 2.05. The van der Waals surface area contributed by atoms with Crippen LogP contribution in [0.5, 0.6) is 0 Å². The maximum atomic E-state index is 11.4. The van der Waals surface area contributed by atoms with Gasteiger partial charge in [0.2, 0.25) is 11.9 Å². The number of hydrogen-bond donors (Lipinski definition) is 2. The molecule has 1 saturated heterocycles. The van der Waals surface area contributed by atoms with Crippen LogP contribution in [0.3, 0.4) is 0 Å². The lowest BCUT2D eigenvalue weighted by molar-refractivity contribution is -0.120. The van der Waals surface area contributed by atoms with Gasteiger partial charge in [-0.2, -0.15) is 4.98 Å². The molecule has 6 heteroatoms. The summed E-state index contributed by atoms with van der Waals surface area (Å²) in [4.78, 5) is 22.4. The molecule has 1 aliphatic rings. The molecular formula is C13H21N5O. The van der Waals surface area contributed by atoms with Gasteiger partial charge in [0, 0.05) is 44.4 Å². The van der Waals surface area contributed by atoms with Gasteiger partial charge in [-0.3, -0.25) is 4.79 Å². The van der Waals surface area contributed by atoms with Crippen LogP contribution in [-0.2, 0) is 4.79 Å². The normalized spacial score (nSPS) is 15.9. The van der Waals surface area contributed by atoms with Crippen molar-refractivity contribution in [2.45, 2.75) is 26.7 Å². The predicted molar refractivity (Wildman–Crippen MR) is 75.4 cm³/mol. The predicted octanol–water partition coefficient (Wildman–Crippen LogP) is 0.933. The fraction of sp³-hybridized carbons (Fsp3) is 0.615. The molecule has 2 N–H and O–H groups in total. The quantitative estimate of drug-likeness (QED) is 0.846. The van der Waals surface area contributed by atoms with Gasteiger partial charge in [-0.25, -0.2) is 4.98 Å². The maximum Gasteiger partial charge on any atom is 0.224 e. The van der Waals surface area contributed by atoms with Crippen LogP contribution in [0.4, 0.5) is 11.8 Å². The van der Waals surface area contributed by atoms with E-state index >= 15 is 0 Å². The summed E-state index contributed by atoms with van der Waals surface area (Å²) in [7, 11) is 0. The Morgan fingerprint density at radius 2 is 2.32 bits per heavy atom. The number of aryl methyl sites for hydroxylation is 1. The molecule has 0 unspecified atom stereocenters. The van der Waals surface area contributed by atoms with E-state index in [1.54, 1.807) is 0 Å². The third-order valence-electron chi connectivity index (χ3n) is 3.09. The van der Waals surface area contributed by atoms with Crippen molar-refractivity contribution in [3.05, 3.63) is 11.8 Å². The number of nitrogens with one attached hydrogen (secondary N) is 2. The molecule has 2 rings (SSSR count). The van der Waals surface area contributed by atoms with Gasteiger partial charge in [0.25, 0.3) is 0 Å². The van der Waals surface area contributed by atoms with Crippen LogP contribution in [0.1, 0.15) is 25.3 Å². The fourth-order valence-corrected chi connectivity index (χ4v) is 2.05. The van der Waals surface area contributed by atoms with Gasteiger partial charge < -0.3 is 15.5 Å². The molecule has 6 nitrogen and oxygen atoms in total. The van der Waals surface area contributed by atoms with Gasteiger partial charge in [0.05, 0.1) is 0 Å². The van der Waals surface area contributed by atoms with Gasteiger partial charge in [-0.15, -0.1) is 0 Å². The van der Waals surface area contributed by atoms with Crippen LogP contribution in [0, 0.1) is 6.92 Å². The van der Waals surface area contributed by atoms with E-state index in [0.29, 0.717) is 25.5 Å². The lowest BCUT2D eigenvalue weighted by Gasteiger charge is -2.22. The number of amides is 1. The molecule has 0 radical (unpaired) electrons. The number of nitrogens with zero attached hydrogens (tertiary/aromatic N) is 3. The number of carbonyl (C=O) groups excluding carboxylic acids is 1. The zero-order valence-corrected chi connectivity index (χ0v) is 11.6. The van der Waals surface area contributed by atoms with E-state index in [4.69, 9.17) is 0 Å². The Balaban J connectivity index is 2.15. The second kappa shape index (κ2) is 6.36. The minimum Gasteiger partial charge on any atom is -0.354 e. The summed E-state index contributed by atoms with van der Waals surface area (Å²) in [5.74, 6) is 1.69. The summed E-state index contributed by atoms with van der Waals surface area (Å²) >= 11 is 0. The molecule has 19 heavy (non-hydrogen) atoms. The molecule has 0 atom stereocenters. The molecule has 1 amide bonds. The number of anilines is 2. The first-order valence-corrected chi connectivity index (χ1v) is 6.80. The summed E-state index contributed by atoms with van der Waals surface area (Å²) in [6.45, 7) is 7.13. The van der Waals surface area contributed by atoms with E-state index in [9.17, 15) is 4.79 Å². The summed E-state index contributed by atoms with van der Waals surface area (Å²) in [6.07, 6.45) is 3.39. The number of aromatic nitrogens is 2. The van der Waals surface area contributed by atoms with Crippen LogP contribution in [0.2, 0.25) is 0 Å². The summed E-state index contributed by atoms with van der Waals surface area (Å²) < 4.78 is 0. The minimum absolute atomic E-state index is 0.110. The molecule has 2 heterocycles. The first-order valence-electron chi connectivity index (χ1n) is 6.80. The number of hydrogen-bond acceptors (Lipinski definition) is 5. The highest BCUT2D eigenvalue weighted by atomic mass is 16.1. The van der Waals surface area contributed by atoms with Crippen molar-refractivity contribution < 1.29 is 4.79 Å². The van der Waals surface area contributed by atoms with Gasteiger partial charge in [-0.05, 0) is 13.3 Å². The maximum absolute atomic E-state index is 11.4. The van der Waals surface area contributed by atoms with Crippen LogP contribution in [-0.4, -0.2) is 42.1 Å².